The van der Waals surface area contributed by atoms with Gasteiger partial charge in [0.2, 0.25) is 5.91 Å². The molecule has 3 rings (SSSR count). The van der Waals surface area contributed by atoms with Crippen LogP contribution in [0.2, 0.25) is 5.02 Å². The highest BCUT2D eigenvalue weighted by Crippen LogP contribution is 2.33. The summed E-state index contributed by atoms with van der Waals surface area (Å²) in [6, 6.07) is 10.1. The van der Waals surface area contributed by atoms with Gasteiger partial charge in [0.1, 0.15) is 36.4 Å². The lowest BCUT2D eigenvalue weighted by Gasteiger charge is -2.18. The maximum Gasteiger partial charge on any atom is 0.249 e. The van der Waals surface area contributed by atoms with Crippen LogP contribution in [0.3, 0.4) is 0 Å². The first kappa shape index (κ1) is 21.6. The van der Waals surface area contributed by atoms with Crippen LogP contribution in [-0.4, -0.2) is 46.8 Å². The van der Waals surface area contributed by atoms with E-state index in [1.807, 2.05) is 25.1 Å². The Morgan fingerprint density at radius 2 is 2.03 bits per heavy atom. The molecule has 0 saturated heterocycles. The Balaban J connectivity index is 1.81. The molecule has 1 heterocycles. The summed E-state index contributed by atoms with van der Waals surface area (Å²) in [4.78, 5) is 20.6. The number of methoxy groups -OCH3 is 1. The SMILES string of the molecule is COC(C)C(=O)N[C@@H](C)COc1cccc2ncnc(Nc3ccc(O)c(Cl)c3)c12. The summed E-state index contributed by atoms with van der Waals surface area (Å²) in [7, 11) is 1.48. The van der Waals surface area contributed by atoms with Gasteiger partial charge in [0, 0.05) is 12.8 Å². The van der Waals surface area contributed by atoms with E-state index >= 15 is 0 Å². The quantitative estimate of drug-likeness (QED) is 0.468. The first-order valence-corrected chi connectivity index (χ1v) is 9.72. The monoisotopic (exact) mass is 430 g/mol. The second-order valence-corrected chi connectivity index (χ2v) is 7.17. The lowest BCUT2D eigenvalue weighted by atomic mass is 10.2. The van der Waals surface area contributed by atoms with E-state index in [0.29, 0.717) is 28.2 Å². The van der Waals surface area contributed by atoms with Crippen molar-refractivity contribution >= 4 is 39.9 Å². The van der Waals surface area contributed by atoms with Crippen molar-refractivity contribution in [3.8, 4) is 11.5 Å². The molecule has 3 N–H and O–H groups in total. The van der Waals surface area contributed by atoms with Crippen molar-refractivity contribution < 1.29 is 19.4 Å². The molecule has 0 saturated carbocycles. The largest absolute Gasteiger partial charge is 0.506 e. The molecule has 0 aliphatic carbocycles. The smallest absolute Gasteiger partial charge is 0.249 e. The van der Waals surface area contributed by atoms with Gasteiger partial charge in [-0.25, -0.2) is 9.97 Å². The Hall–Kier alpha value is -3.10. The zero-order valence-corrected chi connectivity index (χ0v) is 17.6. The van der Waals surface area contributed by atoms with Gasteiger partial charge in [-0.15, -0.1) is 0 Å². The van der Waals surface area contributed by atoms with Crippen LogP contribution in [0.4, 0.5) is 11.5 Å². The molecule has 0 aliphatic heterocycles. The van der Waals surface area contributed by atoms with Gasteiger partial charge in [-0.05, 0) is 44.2 Å². The van der Waals surface area contributed by atoms with Crippen LogP contribution >= 0.6 is 11.6 Å². The van der Waals surface area contributed by atoms with E-state index in [-0.39, 0.29) is 29.3 Å². The molecular weight excluding hydrogens is 408 g/mol. The number of benzene rings is 2. The number of fused-ring (bicyclic) bond motifs is 1. The van der Waals surface area contributed by atoms with Crippen molar-refractivity contribution in [2.75, 3.05) is 19.0 Å². The highest BCUT2D eigenvalue weighted by atomic mass is 35.5. The molecule has 158 valence electrons. The molecule has 2 atom stereocenters. The van der Waals surface area contributed by atoms with E-state index < -0.39 is 6.10 Å². The number of phenols is 1. The van der Waals surface area contributed by atoms with Crippen LogP contribution in [0, 0.1) is 0 Å². The van der Waals surface area contributed by atoms with Gasteiger partial charge in [-0.3, -0.25) is 4.79 Å². The number of carbonyl (C=O) groups is 1. The Kier molecular flexibility index (Phi) is 6.91. The summed E-state index contributed by atoms with van der Waals surface area (Å²) in [5, 5.41) is 16.6. The fourth-order valence-corrected chi connectivity index (χ4v) is 2.92. The molecule has 30 heavy (non-hydrogen) atoms. The standard InChI is InChI=1S/C21H23ClN4O4/c1-12(25-21(28)13(2)29-3)10-30-18-6-4-5-16-19(18)20(24-11-23-16)26-14-7-8-17(27)15(22)9-14/h4-9,11-13,27H,10H2,1-3H3,(H,25,28)(H,23,24,26)/t12-,13?/m0/s1. The molecule has 0 fully saturated rings. The van der Waals surface area contributed by atoms with Crippen molar-refractivity contribution in [3.63, 3.8) is 0 Å². The molecule has 2 aromatic carbocycles. The Labute approximate surface area is 179 Å². The molecule has 9 heteroatoms. The van der Waals surface area contributed by atoms with Crippen LogP contribution in [0.5, 0.6) is 11.5 Å². The van der Waals surface area contributed by atoms with E-state index in [1.165, 1.54) is 19.5 Å². The molecule has 1 amide bonds. The molecule has 0 aliphatic rings. The Bertz CT molecular complexity index is 1040. The summed E-state index contributed by atoms with van der Waals surface area (Å²) in [6.07, 6.45) is 0.914. The number of aromatic nitrogens is 2. The minimum atomic E-state index is -0.536. The minimum Gasteiger partial charge on any atom is -0.506 e. The first-order chi connectivity index (χ1) is 14.4. The Morgan fingerprint density at radius 3 is 2.77 bits per heavy atom. The summed E-state index contributed by atoms with van der Waals surface area (Å²) >= 11 is 6.00. The van der Waals surface area contributed by atoms with Gasteiger partial charge in [-0.1, -0.05) is 17.7 Å². The van der Waals surface area contributed by atoms with E-state index in [1.54, 1.807) is 19.1 Å². The molecule has 0 bridgehead atoms. The van der Waals surface area contributed by atoms with Crippen molar-refractivity contribution in [2.24, 2.45) is 0 Å². The number of halogens is 1. The number of nitrogens with zero attached hydrogens (tertiary/aromatic N) is 2. The number of hydrogen-bond donors (Lipinski definition) is 3. The molecular formula is C21H23ClN4O4. The molecule has 0 radical (unpaired) electrons. The maximum atomic E-state index is 12.0. The minimum absolute atomic E-state index is 0.00221. The predicted molar refractivity (Wildman–Crippen MR) is 116 cm³/mol. The Morgan fingerprint density at radius 1 is 1.23 bits per heavy atom. The topological polar surface area (TPSA) is 106 Å². The number of carbonyl (C=O) groups excluding carboxylic acids is 1. The lowest BCUT2D eigenvalue weighted by molar-refractivity contribution is -0.130. The number of phenolic OH excluding ortho intramolecular Hbond substituents is 1. The van der Waals surface area contributed by atoms with E-state index in [2.05, 4.69) is 20.6 Å². The summed E-state index contributed by atoms with van der Waals surface area (Å²) in [5.41, 5.74) is 1.35. The highest BCUT2D eigenvalue weighted by Gasteiger charge is 2.16. The maximum absolute atomic E-state index is 12.0. The van der Waals surface area contributed by atoms with Gasteiger partial charge in [0.25, 0.3) is 0 Å². The fraction of sp³-hybridized carbons (Fsp3) is 0.286. The zero-order valence-electron chi connectivity index (χ0n) is 16.8. The third-order valence-corrected chi connectivity index (χ3v) is 4.74. The molecule has 1 unspecified atom stereocenters. The van der Waals surface area contributed by atoms with Crippen molar-refractivity contribution in [1.29, 1.82) is 0 Å². The third-order valence-electron chi connectivity index (χ3n) is 4.44. The first-order valence-electron chi connectivity index (χ1n) is 9.34. The van der Waals surface area contributed by atoms with Gasteiger partial charge in [0.15, 0.2) is 0 Å². The number of amides is 1. The normalized spacial score (nSPS) is 12.9. The second kappa shape index (κ2) is 9.60. The number of aromatic hydroxyl groups is 1. The average molecular weight is 431 g/mol. The zero-order chi connectivity index (χ0) is 21.7. The number of hydrogen-bond acceptors (Lipinski definition) is 7. The van der Waals surface area contributed by atoms with E-state index in [4.69, 9.17) is 21.1 Å². The van der Waals surface area contributed by atoms with Crippen LogP contribution in [0.15, 0.2) is 42.7 Å². The summed E-state index contributed by atoms with van der Waals surface area (Å²) < 4.78 is 11.0. The summed E-state index contributed by atoms with van der Waals surface area (Å²) in [5.74, 6) is 0.891. The van der Waals surface area contributed by atoms with Crippen LogP contribution in [-0.2, 0) is 9.53 Å². The van der Waals surface area contributed by atoms with Gasteiger partial charge in [0.05, 0.1) is 22.0 Å². The second-order valence-electron chi connectivity index (χ2n) is 6.76. The highest BCUT2D eigenvalue weighted by molar-refractivity contribution is 6.32. The van der Waals surface area contributed by atoms with Crippen LogP contribution in [0.1, 0.15) is 13.8 Å². The van der Waals surface area contributed by atoms with E-state index in [0.717, 1.165) is 0 Å². The lowest BCUT2D eigenvalue weighted by Crippen LogP contribution is -2.42. The van der Waals surface area contributed by atoms with E-state index in [9.17, 15) is 9.90 Å². The molecule has 3 aromatic rings. The number of rotatable bonds is 8. The predicted octanol–water partition coefficient (Wildman–Crippen LogP) is 3.65. The average Bonchev–Trinajstić information content (AvgIpc) is 2.74. The van der Waals surface area contributed by atoms with Crippen molar-refractivity contribution in [3.05, 3.63) is 47.7 Å². The molecule has 0 spiro atoms. The number of anilines is 2. The van der Waals surface area contributed by atoms with Crippen LogP contribution < -0.4 is 15.4 Å². The van der Waals surface area contributed by atoms with Crippen LogP contribution in [0.25, 0.3) is 10.9 Å². The fourth-order valence-electron chi connectivity index (χ4n) is 2.74. The molecule has 1 aromatic heterocycles. The third kappa shape index (κ3) is 5.08. The number of ether oxygens (including phenoxy) is 2. The molecule has 8 nitrogen and oxygen atoms in total. The number of nitrogens with one attached hydrogen (secondary N) is 2. The van der Waals surface area contributed by atoms with Crippen molar-refractivity contribution in [1.82, 2.24) is 15.3 Å². The van der Waals surface area contributed by atoms with Gasteiger partial charge < -0.3 is 25.2 Å². The van der Waals surface area contributed by atoms with Gasteiger partial charge in [-0.2, -0.15) is 0 Å². The summed E-state index contributed by atoms with van der Waals surface area (Å²) in [6.45, 7) is 3.78. The van der Waals surface area contributed by atoms with Crippen molar-refractivity contribution in [2.45, 2.75) is 26.0 Å². The van der Waals surface area contributed by atoms with Gasteiger partial charge >= 0.3 is 0 Å².